The second-order valence-corrected chi connectivity index (χ2v) is 6.38. The molecule has 1 aromatic heterocycles. The van der Waals surface area contributed by atoms with E-state index in [2.05, 4.69) is 17.6 Å². The van der Waals surface area contributed by atoms with Crippen molar-refractivity contribution in [3.63, 3.8) is 0 Å². The zero-order valence-corrected chi connectivity index (χ0v) is 13.7. The molecule has 2 aliphatic rings. The predicted molar refractivity (Wildman–Crippen MR) is 89.2 cm³/mol. The molecule has 2 heterocycles. The van der Waals surface area contributed by atoms with Crippen LogP contribution < -0.4 is 19.4 Å². The van der Waals surface area contributed by atoms with E-state index in [-0.39, 0.29) is 18.7 Å². The van der Waals surface area contributed by atoms with Gasteiger partial charge >= 0.3 is 0 Å². The van der Waals surface area contributed by atoms with E-state index < -0.39 is 0 Å². The molecule has 1 amide bonds. The van der Waals surface area contributed by atoms with Crippen LogP contribution in [0.5, 0.6) is 11.5 Å². The maximum absolute atomic E-state index is 12.6. The third kappa shape index (κ3) is 2.82. The van der Waals surface area contributed by atoms with Gasteiger partial charge in [-0.1, -0.05) is 0 Å². The van der Waals surface area contributed by atoms with Gasteiger partial charge in [0.1, 0.15) is 0 Å². The first kappa shape index (κ1) is 15.0. The highest BCUT2D eigenvalue weighted by Crippen LogP contribution is 2.34. The number of fused-ring (bicyclic) bond motifs is 2. The fourth-order valence-corrected chi connectivity index (χ4v) is 3.29. The molecular formula is C19H21N2O3+. The number of pyridine rings is 1. The summed E-state index contributed by atoms with van der Waals surface area (Å²) in [4.78, 5) is 12.6. The molecule has 0 unspecified atom stereocenters. The number of aromatic nitrogens is 1. The van der Waals surface area contributed by atoms with Gasteiger partial charge in [-0.25, -0.2) is 0 Å². The van der Waals surface area contributed by atoms with E-state index >= 15 is 0 Å². The Morgan fingerprint density at radius 2 is 1.92 bits per heavy atom. The zero-order valence-electron chi connectivity index (χ0n) is 13.7. The summed E-state index contributed by atoms with van der Waals surface area (Å²) in [5.41, 5.74) is 3.50. The van der Waals surface area contributed by atoms with Gasteiger partial charge < -0.3 is 14.8 Å². The highest BCUT2D eigenvalue weighted by molar-refractivity contribution is 5.92. The number of ether oxygens (including phenoxy) is 2. The largest absolute Gasteiger partial charge is 0.454 e. The molecule has 124 valence electrons. The van der Waals surface area contributed by atoms with Crippen molar-refractivity contribution in [3.05, 3.63) is 47.8 Å². The lowest BCUT2D eigenvalue weighted by atomic mass is 9.93. The van der Waals surface area contributed by atoms with Crippen molar-refractivity contribution in [3.8, 4) is 11.5 Å². The van der Waals surface area contributed by atoms with Crippen molar-refractivity contribution >= 4 is 11.6 Å². The van der Waals surface area contributed by atoms with Gasteiger partial charge in [-0.2, -0.15) is 4.57 Å². The summed E-state index contributed by atoms with van der Waals surface area (Å²) in [5, 5.41) is 2.95. The highest BCUT2D eigenvalue weighted by atomic mass is 16.7. The predicted octanol–water partition coefficient (Wildman–Crippen LogP) is 2.78. The SMILES string of the molecule is C[C@H](C(=O)Nc1ccc2c(c1)OCO2)[n+]1ccc2c(c1)CCCC2. The van der Waals surface area contributed by atoms with Crippen molar-refractivity contribution < 1.29 is 18.8 Å². The molecule has 1 N–H and O–H groups in total. The summed E-state index contributed by atoms with van der Waals surface area (Å²) in [6, 6.07) is 7.32. The van der Waals surface area contributed by atoms with Gasteiger partial charge in [-0.15, -0.1) is 0 Å². The Morgan fingerprint density at radius 1 is 1.12 bits per heavy atom. The fraction of sp³-hybridized carbons (Fsp3) is 0.368. The summed E-state index contributed by atoms with van der Waals surface area (Å²) in [5.74, 6) is 1.33. The molecule has 0 bridgehead atoms. The fourth-order valence-electron chi connectivity index (χ4n) is 3.29. The van der Waals surface area contributed by atoms with Gasteiger partial charge in [-0.3, -0.25) is 4.79 Å². The van der Waals surface area contributed by atoms with Crippen LogP contribution in [0.25, 0.3) is 0 Å². The number of amides is 1. The molecule has 1 aliphatic heterocycles. The smallest absolute Gasteiger partial charge is 0.293 e. The van der Waals surface area contributed by atoms with Gasteiger partial charge in [0.2, 0.25) is 12.8 Å². The number of hydrogen-bond acceptors (Lipinski definition) is 3. The van der Waals surface area contributed by atoms with Crippen LogP contribution in [-0.2, 0) is 17.6 Å². The van der Waals surface area contributed by atoms with Crippen molar-refractivity contribution in [2.75, 3.05) is 12.1 Å². The first-order valence-corrected chi connectivity index (χ1v) is 8.44. The molecule has 24 heavy (non-hydrogen) atoms. The summed E-state index contributed by atoms with van der Waals surface area (Å²) < 4.78 is 12.6. The van der Waals surface area contributed by atoms with E-state index in [1.807, 2.05) is 29.8 Å². The molecular weight excluding hydrogens is 304 g/mol. The quantitative estimate of drug-likeness (QED) is 0.883. The van der Waals surface area contributed by atoms with Crippen LogP contribution in [0.3, 0.4) is 0 Å². The van der Waals surface area contributed by atoms with Crippen LogP contribution >= 0.6 is 0 Å². The first-order valence-electron chi connectivity index (χ1n) is 8.44. The zero-order chi connectivity index (χ0) is 16.5. The number of anilines is 1. The normalized spacial score (nSPS) is 16.4. The minimum atomic E-state index is -0.275. The molecule has 0 saturated heterocycles. The number of hydrogen-bond donors (Lipinski definition) is 1. The molecule has 0 spiro atoms. The Morgan fingerprint density at radius 3 is 2.79 bits per heavy atom. The highest BCUT2D eigenvalue weighted by Gasteiger charge is 2.24. The lowest BCUT2D eigenvalue weighted by Crippen LogP contribution is -2.44. The first-order chi connectivity index (χ1) is 11.7. The second kappa shape index (κ2) is 6.15. The van der Waals surface area contributed by atoms with Crippen LogP contribution in [0.1, 0.15) is 36.9 Å². The summed E-state index contributed by atoms with van der Waals surface area (Å²) in [6.45, 7) is 2.14. The monoisotopic (exact) mass is 325 g/mol. The van der Waals surface area contributed by atoms with Crippen LogP contribution in [0.2, 0.25) is 0 Å². The van der Waals surface area contributed by atoms with Crippen LogP contribution in [0.4, 0.5) is 5.69 Å². The average molecular weight is 325 g/mol. The number of nitrogens with one attached hydrogen (secondary N) is 1. The van der Waals surface area contributed by atoms with Gasteiger partial charge in [0.05, 0.1) is 0 Å². The Kier molecular flexibility index (Phi) is 3.84. The minimum Gasteiger partial charge on any atom is -0.454 e. The van der Waals surface area contributed by atoms with Crippen molar-refractivity contribution in [1.82, 2.24) is 0 Å². The molecule has 5 heteroatoms. The van der Waals surface area contributed by atoms with E-state index in [0.29, 0.717) is 11.5 Å². The van der Waals surface area contributed by atoms with E-state index in [1.54, 1.807) is 6.07 Å². The van der Waals surface area contributed by atoms with E-state index in [4.69, 9.17) is 9.47 Å². The third-order valence-corrected chi connectivity index (χ3v) is 4.77. The summed E-state index contributed by atoms with van der Waals surface area (Å²) in [6.07, 6.45) is 8.87. The Balaban J connectivity index is 1.49. The van der Waals surface area contributed by atoms with E-state index in [0.717, 1.165) is 18.5 Å². The molecule has 0 radical (unpaired) electrons. The Bertz CT molecular complexity index is 788. The van der Waals surface area contributed by atoms with Crippen molar-refractivity contribution in [2.45, 2.75) is 38.6 Å². The molecule has 1 aliphatic carbocycles. The van der Waals surface area contributed by atoms with Crippen LogP contribution in [-0.4, -0.2) is 12.7 Å². The molecule has 0 fully saturated rings. The average Bonchev–Trinajstić information content (AvgIpc) is 3.08. The second-order valence-electron chi connectivity index (χ2n) is 6.38. The van der Waals surface area contributed by atoms with E-state index in [9.17, 15) is 4.79 Å². The van der Waals surface area contributed by atoms with Gasteiger partial charge in [-0.05, 0) is 43.4 Å². The van der Waals surface area contributed by atoms with Crippen LogP contribution in [0.15, 0.2) is 36.7 Å². The number of benzene rings is 1. The van der Waals surface area contributed by atoms with Crippen molar-refractivity contribution in [1.29, 1.82) is 0 Å². The van der Waals surface area contributed by atoms with Gasteiger partial charge in [0.25, 0.3) is 5.91 Å². The van der Waals surface area contributed by atoms with Gasteiger partial charge in [0, 0.05) is 30.3 Å². The number of nitrogens with zero attached hydrogens (tertiary/aromatic N) is 1. The van der Waals surface area contributed by atoms with E-state index in [1.165, 1.54) is 24.0 Å². The molecule has 0 saturated carbocycles. The number of aryl methyl sites for hydroxylation is 2. The summed E-state index contributed by atoms with van der Waals surface area (Å²) in [7, 11) is 0. The molecule has 1 aromatic carbocycles. The lowest BCUT2D eigenvalue weighted by Gasteiger charge is -2.15. The molecule has 1 atom stereocenters. The standard InChI is InChI=1S/C19H20N2O3/c1-13(21-9-8-14-4-2-3-5-15(14)11-21)19(22)20-16-6-7-17-18(10-16)24-12-23-17/h6-11,13H,2-5,12H2,1H3/p+1/t13-/m1/s1. The van der Waals surface area contributed by atoms with Crippen molar-refractivity contribution in [2.24, 2.45) is 0 Å². The lowest BCUT2D eigenvalue weighted by molar-refractivity contribution is -0.706. The maximum atomic E-state index is 12.6. The molecule has 5 nitrogen and oxygen atoms in total. The third-order valence-electron chi connectivity index (χ3n) is 4.77. The Labute approximate surface area is 141 Å². The molecule has 4 rings (SSSR count). The van der Waals surface area contributed by atoms with Gasteiger partial charge in [0.15, 0.2) is 23.9 Å². The minimum absolute atomic E-state index is 0.0466. The Hall–Kier alpha value is -2.56. The summed E-state index contributed by atoms with van der Waals surface area (Å²) >= 11 is 0. The van der Waals surface area contributed by atoms with Crippen LogP contribution in [0, 0.1) is 0 Å². The molecule has 2 aromatic rings. The number of carbonyl (C=O) groups excluding carboxylic acids is 1. The number of carbonyl (C=O) groups is 1. The topological polar surface area (TPSA) is 51.4 Å². The maximum Gasteiger partial charge on any atom is 0.293 e. The number of rotatable bonds is 3.